The third-order valence-electron chi connectivity index (χ3n) is 2.82. The smallest absolute Gasteiger partial charge is 0.330 e. The summed E-state index contributed by atoms with van der Waals surface area (Å²) >= 11 is 3.16. The molecule has 0 aromatic heterocycles. The van der Waals surface area contributed by atoms with Crippen molar-refractivity contribution >= 4 is 21.9 Å². The Morgan fingerprint density at radius 2 is 2.35 bits per heavy atom. The highest BCUT2D eigenvalue weighted by Gasteiger charge is 2.38. The molecule has 108 valence electrons. The number of azide groups is 1. The summed E-state index contributed by atoms with van der Waals surface area (Å²) in [7, 11) is 1.23. The highest BCUT2D eigenvalue weighted by molar-refractivity contribution is 9.10. The first-order chi connectivity index (χ1) is 9.45. The number of hydrogen-bond donors (Lipinski definition) is 1. The van der Waals surface area contributed by atoms with E-state index in [-0.39, 0.29) is 18.7 Å². The van der Waals surface area contributed by atoms with Gasteiger partial charge in [-0.2, -0.15) is 0 Å². The van der Waals surface area contributed by atoms with Crippen LogP contribution in [0.5, 0.6) is 0 Å². The van der Waals surface area contributed by atoms with Crippen LogP contribution in [0.15, 0.2) is 27.8 Å². The van der Waals surface area contributed by atoms with Crippen LogP contribution in [0.2, 0.25) is 0 Å². The summed E-state index contributed by atoms with van der Waals surface area (Å²) < 4.78 is 19.4. The molecule has 0 heterocycles. The highest BCUT2D eigenvalue weighted by atomic mass is 79.9. The van der Waals surface area contributed by atoms with Crippen molar-refractivity contribution in [1.82, 2.24) is 5.32 Å². The van der Waals surface area contributed by atoms with Crippen molar-refractivity contribution in [3.63, 3.8) is 0 Å². The molecule has 1 rings (SSSR count). The molecule has 1 aromatic rings. The lowest BCUT2D eigenvalue weighted by molar-refractivity contribution is -0.148. The number of carbonyl (C=O) groups is 1. The van der Waals surface area contributed by atoms with Gasteiger partial charge in [-0.15, -0.1) is 0 Å². The van der Waals surface area contributed by atoms with Crippen LogP contribution in [0.1, 0.15) is 12.5 Å². The van der Waals surface area contributed by atoms with Crippen LogP contribution in [-0.2, 0) is 15.1 Å². The Kier molecular flexibility index (Phi) is 5.94. The molecule has 20 heavy (non-hydrogen) atoms. The highest BCUT2D eigenvalue weighted by Crippen LogP contribution is 2.27. The number of halogens is 2. The molecule has 1 aromatic carbocycles. The third-order valence-corrected chi connectivity index (χ3v) is 3.31. The zero-order valence-corrected chi connectivity index (χ0v) is 12.6. The maximum Gasteiger partial charge on any atom is 0.330 e. The van der Waals surface area contributed by atoms with Crippen molar-refractivity contribution in [1.29, 1.82) is 0 Å². The van der Waals surface area contributed by atoms with Gasteiger partial charge in [-0.3, -0.25) is 5.32 Å². The first kappa shape index (κ1) is 16.4. The zero-order valence-electron chi connectivity index (χ0n) is 11.1. The van der Waals surface area contributed by atoms with Gasteiger partial charge >= 0.3 is 5.97 Å². The topological polar surface area (TPSA) is 87.1 Å². The number of nitrogens with zero attached hydrogens (tertiary/aromatic N) is 3. The van der Waals surface area contributed by atoms with E-state index in [9.17, 15) is 9.18 Å². The maximum absolute atomic E-state index is 14.1. The first-order valence-corrected chi connectivity index (χ1v) is 6.55. The van der Waals surface area contributed by atoms with E-state index in [0.29, 0.717) is 4.47 Å². The molecule has 0 spiro atoms. The van der Waals surface area contributed by atoms with Crippen molar-refractivity contribution in [3.05, 3.63) is 44.5 Å². The Hall–Kier alpha value is -1.63. The average molecular weight is 345 g/mol. The van der Waals surface area contributed by atoms with Crippen LogP contribution in [0.25, 0.3) is 10.4 Å². The van der Waals surface area contributed by atoms with E-state index in [1.54, 1.807) is 6.07 Å². The van der Waals surface area contributed by atoms with Gasteiger partial charge in [-0.1, -0.05) is 27.1 Å². The molecule has 0 saturated carbocycles. The lowest BCUT2D eigenvalue weighted by Crippen LogP contribution is -2.48. The van der Waals surface area contributed by atoms with Crippen LogP contribution in [0.4, 0.5) is 4.39 Å². The molecule has 0 aliphatic heterocycles. The van der Waals surface area contributed by atoms with Gasteiger partial charge in [0.25, 0.3) is 0 Å². The molecule has 1 unspecified atom stereocenters. The molecule has 0 amide bonds. The molecular weight excluding hydrogens is 331 g/mol. The van der Waals surface area contributed by atoms with Crippen molar-refractivity contribution in [3.8, 4) is 0 Å². The molecule has 1 atom stereocenters. The van der Waals surface area contributed by atoms with E-state index in [1.807, 2.05) is 0 Å². The van der Waals surface area contributed by atoms with Gasteiger partial charge in [0, 0.05) is 28.0 Å². The van der Waals surface area contributed by atoms with E-state index < -0.39 is 17.3 Å². The van der Waals surface area contributed by atoms with Gasteiger partial charge in [-0.25, -0.2) is 9.18 Å². The number of nitrogens with one attached hydrogen (secondary N) is 1. The second-order valence-electron chi connectivity index (χ2n) is 4.12. The SMILES string of the molecule is COC(=O)C(C)(NCCN=[N+]=[N-])c1ccc(Br)cc1F. The van der Waals surface area contributed by atoms with E-state index in [1.165, 1.54) is 26.2 Å². The quantitative estimate of drug-likeness (QED) is 0.283. The Morgan fingerprint density at radius 3 is 2.90 bits per heavy atom. The fraction of sp³-hybridized carbons (Fsp3) is 0.417. The van der Waals surface area contributed by atoms with Gasteiger partial charge in [0.15, 0.2) is 0 Å². The number of hydrogen-bond acceptors (Lipinski definition) is 4. The number of benzene rings is 1. The average Bonchev–Trinajstić information content (AvgIpc) is 2.42. The number of ether oxygens (including phenoxy) is 1. The largest absolute Gasteiger partial charge is 0.467 e. The minimum Gasteiger partial charge on any atom is -0.467 e. The van der Waals surface area contributed by atoms with Crippen LogP contribution in [0.3, 0.4) is 0 Å². The minimum atomic E-state index is -1.36. The lowest BCUT2D eigenvalue weighted by atomic mass is 9.91. The van der Waals surface area contributed by atoms with Gasteiger partial charge < -0.3 is 4.74 Å². The Bertz CT molecular complexity index is 548. The van der Waals surface area contributed by atoms with Gasteiger partial charge in [0.05, 0.1) is 7.11 Å². The Morgan fingerprint density at radius 1 is 1.65 bits per heavy atom. The second-order valence-corrected chi connectivity index (χ2v) is 5.04. The Balaban J connectivity index is 3.09. The second kappa shape index (κ2) is 7.23. The molecule has 6 nitrogen and oxygen atoms in total. The fourth-order valence-corrected chi connectivity index (χ4v) is 2.11. The van der Waals surface area contributed by atoms with E-state index in [0.717, 1.165) is 0 Å². The molecule has 8 heteroatoms. The molecule has 0 bridgehead atoms. The van der Waals surface area contributed by atoms with E-state index >= 15 is 0 Å². The summed E-state index contributed by atoms with van der Waals surface area (Å²) in [4.78, 5) is 14.6. The molecule has 0 fully saturated rings. The van der Waals surface area contributed by atoms with Crippen molar-refractivity contribution in [2.45, 2.75) is 12.5 Å². The summed E-state index contributed by atoms with van der Waals surface area (Å²) in [6.45, 7) is 1.87. The van der Waals surface area contributed by atoms with Crippen molar-refractivity contribution in [2.24, 2.45) is 5.11 Å². The molecular formula is C12H14BrFN4O2. The van der Waals surface area contributed by atoms with Crippen LogP contribution < -0.4 is 5.32 Å². The van der Waals surface area contributed by atoms with Crippen molar-refractivity contribution in [2.75, 3.05) is 20.2 Å². The summed E-state index contributed by atoms with van der Waals surface area (Å²) in [5, 5.41) is 6.22. The molecule has 0 aliphatic rings. The predicted molar refractivity (Wildman–Crippen MR) is 75.5 cm³/mol. The van der Waals surface area contributed by atoms with Gasteiger partial charge in [0.2, 0.25) is 0 Å². The first-order valence-electron chi connectivity index (χ1n) is 5.75. The van der Waals surface area contributed by atoms with Crippen LogP contribution in [-0.4, -0.2) is 26.2 Å². The standard InChI is InChI=1S/C12H14BrFN4O2/c1-12(11(19)20-2,16-5-6-17-18-15)9-4-3-8(13)7-10(9)14/h3-4,7,16H,5-6H2,1-2H3. The van der Waals surface area contributed by atoms with Gasteiger partial charge in [-0.05, 0) is 24.6 Å². The molecule has 1 N–H and O–H groups in total. The van der Waals surface area contributed by atoms with E-state index in [4.69, 9.17) is 10.3 Å². The third kappa shape index (κ3) is 3.69. The fourth-order valence-electron chi connectivity index (χ4n) is 1.78. The Labute approximate surface area is 124 Å². The molecule has 0 saturated heterocycles. The normalized spacial score (nSPS) is 13.2. The number of esters is 1. The lowest BCUT2D eigenvalue weighted by Gasteiger charge is -2.28. The summed E-state index contributed by atoms with van der Waals surface area (Å²) in [5.74, 6) is -1.16. The number of rotatable bonds is 6. The monoisotopic (exact) mass is 344 g/mol. The van der Waals surface area contributed by atoms with Gasteiger partial charge in [0.1, 0.15) is 11.4 Å². The molecule has 0 radical (unpaired) electrons. The summed E-state index contributed by atoms with van der Waals surface area (Å²) in [6.07, 6.45) is 0. The number of carbonyl (C=O) groups excluding carboxylic acids is 1. The maximum atomic E-state index is 14.1. The zero-order chi connectivity index (χ0) is 15.2. The minimum absolute atomic E-state index is 0.140. The summed E-state index contributed by atoms with van der Waals surface area (Å²) in [6, 6.07) is 4.40. The summed E-state index contributed by atoms with van der Waals surface area (Å²) in [5.41, 5.74) is 7.02. The van der Waals surface area contributed by atoms with Crippen LogP contribution >= 0.6 is 15.9 Å². The molecule has 0 aliphatic carbocycles. The van der Waals surface area contributed by atoms with E-state index in [2.05, 4.69) is 31.3 Å². The van der Waals surface area contributed by atoms with Crippen molar-refractivity contribution < 1.29 is 13.9 Å². The number of methoxy groups -OCH3 is 1. The predicted octanol–water partition coefficient (Wildman–Crippen LogP) is 2.88. The van der Waals surface area contributed by atoms with Crippen LogP contribution in [0, 0.1) is 5.82 Å².